The van der Waals surface area contributed by atoms with E-state index < -0.39 is 5.91 Å². The molecule has 0 radical (unpaired) electrons. The van der Waals surface area contributed by atoms with Crippen molar-refractivity contribution in [2.24, 2.45) is 0 Å². The molecule has 0 saturated heterocycles. The van der Waals surface area contributed by atoms with Crippen LogP contribution >= 0.6 is 0 Å². The molecule has 0 aliphatic carbocycles. The van der Waals surface area contributed by atoms with Crippen molar-refractivity contribution in [2.75, 3.05) is 24.3 Å². The second-order valence-electron chi connectivity index (χ2n) is 6.52. The SMILES string of the molecule is CCCc1ccc(N(C)C)cc1NC(=O)c1c[nH]c2ccccc2c1=O. The molecule has 5 nitrogen and oxygen atoms in total. The number of carbonyl (C=O) groups excluding carboxylic acids is 1. The normalized spacial score (nSPS) is 10.7. The molecule has 2 N–H and O–H groups in total. The van der Waals surface area contributed by atoms with E-state index in [0.717, 1.165) is 35.3 Å². The van der Waals surface area contributed by atoms with Gasteiger partial charge in [0.1, 0.15) is 5.56 Å². The number of anilines is 2. The van der Waals surface area contributed by atoms with E-state index in [4.69, 9.17) is 0 Å². The van der Waals surface area contributed by atoms with Gasteiger partial charge in [-0.3, -0.25) is 9.59 Å². The lowest BCUT2D eigenvalue weighted by Crippen LogP contribution is -2.22. The Bertz CT molecular complexity index is 1010. The maximum atomic E-state index is 12.8. The molecule has 0 unspecified atom stereocenters. The number of nitrogens with zero attached hydrogens (tertiary/aromatic N) is 1. The van der Waals surface area contributed by atoms with Crippen LogP contribution in [0.25, 0.3) is 10.9 Å². The van der Waals surface area contributed by atoms with Gasteiger partial charge in [0.15, 0.2) is 0 Å². The predicted octanol–water partition coefficient (Wildman–Crippen LogP) is 3.80. The Labute approximate surface area is 152 Å². The van der Waals surface area contributed by atoms with Crippen LogP contribution < -0.4 is 15.6 Å². The molecule has 2 aromatic carbocycles. The minimum atomic E-state index is -0.398. The van der Waals surface area contributed by atoms with E-state index in [9.17, 15) is 9.59 Å². The number of aromatic nitrogens is 1. The summed E-state index contributed by atoms with van der Waals surface area (Å²) in [5.74, 6) is -0.398. The van der Waals surface area contributed by atoms with Crippen molar-refractivity contribution in [3.8, 4) is 0 Å². The van der Waals surface area contributed by atoms with E-state index in [-0.39, 0.29) is 11.0 Å². The van der Waals surface area contributed by atoms with Gasteiger partial charge in [0.25, 0.3) is 5.91 Å². The summed E-state index contributed by atoms with van der Waals surface area (Å²) in [5.41, 5.74) is 3.36. The molecule has 0 aliphatic heterocycles. The Morgan fingerprint density at radius 1 is 1.15 bits per heavy atom. The van der Waals surface area contributed by atoms with Crippen molar-refractivity contribution >= 4 is 28.2 Å². The molecule has 1 aromatic heterocycles. The zero-order valence-corrected chi connectivity index (χ0v) is 15.3. The van der Waals surface area contributed by atoms with Crippen LogP contribution in [0.2, 0.25) is 0 Å². The van der Waals surface area contributed by atoms with E-state index in [1.807, 2.05) is 49.3 Å². The van der Waals surface area contributed by atoms with Gasteiger partial charge >= 0.3 is 0 Å². The number of aryl methyl sites for hydroxylation is 1. The fourth-order valence-electron chi connectivity index (χ4n) is 2.97. The molecule has 5 heteroatoms. The van der Waals surface area contributed by atoms with E-state index in [2.05, 4.69) is 17.2 Å². The molecule has 0 atom stereocenters. The van der Waals surface area contributed by atoms with Crippen molar-refractivity contribution in [1.29, 1.82) is 0 Å². The molecule has 26 heavy (non-hydrogen) atoms. The molecule has 134 valence electrons. The van der Waals surface area contributed by atoms with Crippen LogP contribution in [0, 0.1) is 0 Å². The largest absolute Gasteiger partial charge is 0.378 e. The molecular formula is C21H23N3O2. The van der Waals surface area contributed by atoms with Gasteiger partial charge in [-0.1, -0.05) is 31.5 Å². The summed E-state index contributed by atoms with van der Waals surface area (Å²) in [5, 5.41) is 3.44. The average molecular weight is 349 g/mol. The monoisotopic (exact) mass is 349 g/mol. The highest BCUT2D eigenvalue weighted by Crippen LogP contribution is 2.24. The minimum absolute atomic E-state index is 0.112. The number of aromatic amines is 1. The highest BCUT2D eigenvalue weighted by atomic mass is 16.2. The molecule has 3 rings (SSSR count). The summed E-state index contributed by atoms with van der Waals surface area (Å²) in [6.45, 7) is 2.10. The van der Waals surface area contributed by atoms with Gasteiger partial charge in [0.2, 0.25) is 5.43 Å². The summed E-state index contributed by atoms with van der Waals surface area (Å²) in [4.78, 5) is 30.4. The standard InChI is InChI=1S/C21H23N3O2/c1-4-7-14-10-11-15(24(2)3)12-19(14)23-21(26)17-13-22-18-9-6-5-8-16(18)20(17)25/h5-6,8-13H,4,7H2,1-3H3,(H,22,25)(H,23,26). The summed E-state index contributed by atoms with van der Waals surface area (Å²) >= 11 is 0. The quantitative estimate of drug-likeness (QED) is 0.736. The Morgan fingerprint density at radius 3 is 2.65 bits per heavy atom. The third kappa shape index (κ3) is 3.47. The van der Waals surface area contributed by atoms with Crippen molar-refractivity contribution in [3.63, 3.8) is 0 Å². The highest BCUT2D eigenvalue weighted by Gasteiger charge is 2.15. The summed E-state index contributed by atoms with van der Waals surface area (Å²) < 4.78 is 0. The predicted molar refractivity (Wildman–Crippen MR) is 107 cm³/mol. The van der Waals surface area contributed by atoms with E-state index in [0.29, 0.717) is 5.39 Å². The topological polar surface area (TPSA) is 65.2 Å². The zero-order chi connectivity index (χ0) is 18.7. The van der Waals surface area contributed by atoms with Crippen LogP contribution in [0.3, 0.4) is 0 Å². The van der Waals surface area contributed by atoms with Gasteiger partial charge in [-0.15, -0.1) is 0 Å². The Hall–Kier alpha value is -3.08. The lowest BCUT2D eigenvalue weighted by molar-refractivity contribution is 0.102. The van der Waals surface area contributed by atoms with Crippen LogP contribution in [0.15, 0.2) is 53.5 Å². The number of hydrogen-bond acceptors (Lipinski definition) is 3. The van der Waals surface area contributed by atoms with Gasteiger partial charge in [-0.2, -0.15) is 0 Å². The Balaban J connectivity index is 1.98. The number of nitrogens with one attached hydrogen (secondary N) is 2. The Morgan fingerprint density at radius 2 is 1.92 bits per heavy atom. The third-order valence-corrected chi connectivity index (χ3v) is 4.41. The first-order valence-electron chi connectivity index (χ1n) is 8.73. The van der Waals surface area contributed by atoms with Gasteiger partial charge in [-0.05, 0) is 36.2 Å². The molecule has 0 fully saturated rings. The molecular weight excluding hydrogens is 326 g/mol. The summed E-state index contributed by atoms with van der Waals surface area (Å²) in [6, 6.07) is 13.2. The molecule has 0 spiro atoms. The van der Waals surface area contributed by atoms with Crippen LogP contribution in [0.4, 0.5) is 11.4 Å². The summed E-state index contributed by atoms with van der Waals surface area (Å²) in [6.07, 6.45) is 3.31. The van der Waals surface area contributed by atoms with E-state index in [1.165, 1.54) is 6.20 Å². The third-order valence-electron chi connectivity index (χ3n) is 4.41. The average Bonchev–Trinajstić information content (AvgIpc) is 2.63. The summed E-state index contributed by atoms with van der Waals surface area (Å²) in [7, 11) is 3.91. The molecule has 1 heterocycles. The lowest BCUT2D eigenvalue weighted by atomic mass is 10.1. The number of amides is 1. The molecule has 0 bridgehead atoms. The molecule has 1 amide bonds. The number of hydrogen-bond donors (Lipinski definition) is 2. The van der Waals surface area contributed by atoms with Crippen molar-refractivity contribution in [3.05, 3.63) is 70.0 Å². The number of H-pyrrole nitrogens is 1. The smallest absolute Gasteiger partial charge is 0.261 e. The van der Waals surface area contributed by atoms with E-state index >= 15 is 0 Å². The zero-order valence-electron chi connectivity index (χ0n) is 15.3. The number of para-hydroxylation sites is 1. The van der Waals surface area contributed by atoms with Crippen molar-refractivity contribution in [2.45, 2.75) is 19.8 Å². The maximum absolute atomic E-state index is 12.8. The van der Waals surface area contributed by atoms with Crippen LogP contribution in [-0.4, -0.2) is 25.0 Å². The van der Waals surface area contributed by atoms with Crippen LogP contribution in [0.5, 0.6) is 0 Å². The first-order chi connectivity index (χ1) is 12.5. The lowest BCUT2D eigenvalue weighted by Gasteiger charge is -2.17. The van der Waals surface area contributed by atoms with Crippen LogP contribution in [0.1, 0.15) is 29.3 Å². The number of carbonyl (C=O) groups is 1. The van der Waals surface area contributed by atoms with Gasteiger partial charge in [-0.25, -0.2) is 0 Å². The van der Waals surface area contributed by atoms with Crippen LogP contribution in [-0.2, 0) is 6.42 Å². The number of rotatable bonds is 5. The first-order valence-corrected chi connectivity index (χ1v) is 8.73. The fourth-order valence-corrected chi connectivity index (χ4v) is 2.97. The fraction of sp³-hybridized carbons (Fsp3) is 0.238. The number of pyridine rings is 1. The highest BCUT2D eigenvalue weighted by molar-refractivity contribution is 6.06. The molecule has 0 saturated carbocycles. The van der Waals surface area contributed by atoms with Gasteiger partial charge in [0.05, 0.1) is 0 Å². The maximum Gasteiger partial charge on any atom is 0.261 e. The minimum Gasteiger partial charge on any atom is -0.378 e. The number of fused-ring (bicyclic) bond motifs is 1. The van der Waals surface area contributed by atoms with E-state index in [1.54, 1.807) is 12.1 Å². The second-order valence-corrected chi connectivity index (χ2v) is 6.52. The second kappa shape index (κ2) is 7.44. The molecule has 3 aromatic rings. The first kappa shape index (κ1) is 17.7. The van der Waals surface area contributed by atoms with Crippen molar-refractivity contribution in [1.82, 2.24) is 4.98 Å². The van der Waals surface area contributed by atoms with Gasteiger partial charge in [0, 0.05) is 42.6 Å². The molecule has 0 aliphatic rings. The number of benzene rings is 2. The Kier molecular flexibility index (Phi) is 5.07. The van der Waals surface area contributed by atoms with Crippen molar-refractivity contribution < 1.29 is 4.79 Å². The van der Waals surface area contributed by atoms with Gasteiger partial charge < -0.3 is 15.2 Å².